The van der Waals surface area contributed by atoms with Crippen molar-refractivity contribution in [2.75, 3.05) is 0 Å². The molecule has 5 nitrogen and oxygen atoms in total. The lowest BCUT2D eigenvalue weighted by atomic mass is 10.2. The van der Waals surface area contributed by atoms with E-state index in [0.717, 1.165) is 25.1 Å². The third-order valence-electron chi connectivity index (χ3n) is 3.10. The Balaban J connectivity index is 2.04. The second-order valence-corrected chi connectivity index (χ2v) is 4.22. The van der Waals surface area contributed by atoms with Crippen LogP contribution in [0.1, 0.15) is 30.8 Å². The van der Waals surface area contributed by atoms with Crippen LogP contribution in [0.2, 0.25) is 0 Å². The van der Waals surface area contributed by atoms with Gasteiger partial charge in [-0.1, -0.05) is 6.92 Å². The molecule has 0 aliphatic rings. The van der Waals surface area contributed by atoms with E-state index in [-0.39, 0.29) is 6.04 Å². The molecule has 0 fully saturated rings. The van der Waals surface area contributed by atoms with Gasteiger partial charge < -0.3 is 10.3 Å². The van der Waals surface area contributed by atoms with Crippen molar-refractivity contribution >= 4 is 0 Å². The fourth-order valence-electron chi connectivity index (χ4n) is 1.92. The Hall–Kier alpha value is -1.62. The molecule has 0 bridgehead atoms. The third kappa shape index (κ3) is 2.55. The van der Waals surface area contributed by atoms with Crippen LogP contribution in [-0.4, -0.2) is 19.3 Å². The Morgan fingerprint density at radius 2 is 2.29 bits per heavy atom. The summed E-state index contributed by atoms with van der Waals surface area (Å²) in [7, 11) is 1.96. The van der Waals surface area contributed by atoms with Crippen molar-refractivity contribution in [3.05, 3.63) is 36.2 Å². The molecule has 5 heteroatoms. The lowest BCUT2D eigenvalue weighted by Crippen LogP contribution is -2.15. The van der Waals surface area contributed by atoms with Crippen LogP contribution in [0.25, 0.3) is 0 Å². The predicted octanol–water partition coefficient (Wildman–Crippen LogP) is 1.27. The first-order valence-electron chi connectivity index (χ1n) is 5.95. The van der Waals surface area contributed by atoms with Gasteiger partial charge in [0, 0.05) is 44.1 Å². The smallest absolute Gasteiger partial charge is 0.0948 e. The van der Waals surface area contributed by atoms with Crippen molar-refractivity contribution < 1.29 is 0 Å². The number of aryl methyl sites for hydroxylation is 3. The van der Waals surface area contributed by atoms with Gasteiger partial charge in [-0.15, -0.1) is 0 Å². The molecular formula is C12H19N5. The van der Waals surface area contributed by atoms with Crippen LogP contribution in [0.15, 0.2) is 24.8 Å². The number of hydrogen-bond acceptors (Lipinski definition) is 3. The monoisotopic (exact) mass is 233 g/mol. The Bertz CT molecular complexity index is 471. The fourth-order valence-corrected chi connectivity index (χ4v) is 1.92. The van der Waals surface area contributed by atoms with Crippen LogP contribution in [0.4, 0.5) is 0 Å². The van der Waals surface area contributed by atoms with Crippen LogP contribution >= 0.6 is 0 Å². The van der Waals surface area contributed by atoms with Gasteiger partial charge in [0.1, 0.15) is 0 Å². The van der Waals surface area contributed by atoms with E-state index < -0.39 is 0 Å². The number of nitrogens with two attached hydrogens (primary N) is 1. The molecule has 2 aromatic heterocycles. The zero-order valence-corrected chi connectivity index (χ0v) is 10.4. The highest BCUT2D eigenvalue weighted by atomic mass is 15.3. The average molecular weight is 233 g/mol. The Morgan fingerprint density at radius 3 is 2.94 bits per heavy atom. The average Bonchev–Trinajstić information content (AvgIpc) is 2.94. The molecule has 0 unspecified atom stereocenters. The maximum absolute atomic E-state index is 6.04. The molecule has 0 radical (unpaired) electrons. The van der Waals surface area contributed by atoms with Crippen LogP contribution in [0.5, 0.6) is 0 Å². The van der Waals surface area contributed by atoms with Gasteiger partial charge in [0.05, 0.1) is 12.0 Å². The summed E-state index contributed by atoms with van der Waals surface area (Å²) >= 11 is 0. The van der Waals surface area contributed by atoms with Gasteiger partial charge in [0.2, 0.25) is 0 Å². The quantitative estimate of drug-likeness (QED) is 0.846. The van der Waals surface area contributed by atoms with Gasteiger partial charge in [0.15, 0.2) is 0 Å². The molecular weight excluding hydrogens is 214 g/mol. The third-order valence-corrected chi connectivity index (χ3v) is 3.10. The van der Waals surface area contributed by atoms with Crippen molar-refractivity contribution in [1.82, 2.24) is 19.3 Å². The Morgan fingerprint density at radius 1 is 1.47 bits per heavy atom. The SMILES string of the molecule is CC[C@@H](N)c1cncn1CCc1ccnn1C. The van der Waals surface area contributed by atoms with Crippen LogP contribution in [0.3, 0.4) is 0 Å². The summed E-state index contributed by atoms with van der Waals surface area (Å²) in [5, 5.41) is 4.16. The number of nitrogens with zero attached hydrogens (tertiary/aromatic N) is 4. The number of aromatic nitrogens is 4. The largest absolute Gasteiger partial charge is 0.333 e. The maximum Gasteiger partial charge on any atom is 0.0948 e. The molecule has 0 aliphatic carbocycles. The molecule has 2 aromatic rings. The zero-order chi connectivity index (χ0) is 12.3. The lowest BCUT2D eigenvalue weighted by Gasteiger charge is -2.12. The number of rotatable bonds is 5. The van der Waals surface area contributed by atoms with Gasteiger partial charge in [-0.2, -0.15) is 5.10 Å². The van der Waals surface area contributed by atoms with E-state index in [1.807, 2.05) is 36.5 Å². The highest BCUT2D eigenvalue weighted by molar-refractivity contribution is 5.06. The molecule has 0 spiro atoms. The molecule has 0 saturated heterocycles. The molecule has 2 rings (SSSR count). The van der Waals surface area contributed by atoms with Crippen molar-refractivity contribution in [3.8, 4) is 0 Å². The zero-order valence-electron chi connectivity index (χ0n) is 10.4. The van der Waals surface area contributed by atoms with Crippen molar-refractivity contribution in [1.29, 1.82) is 0 Å². The number of imidazole rings is 1. The van der Waals surface area contributed by atoms with E-state index >= 15 is 0 Å². The van der Waals surface area contributed by atoms with Crippen LogP contribution in [-0.2, 0) is 20.0 Å². The van der Waals surface area contributed by atoms with Gasteiger partial charge >= 0.3 is 0 Å². The Kier molecular flexibility index (Phi) is 3.58. The highest BCUT2D eigenvalue weighted by Gasteiger charge is 2.09. The molecule has 0 saturated carbocycles. The minimum atomic E-state index is 0.0732. The molecule has 2 N–H and O–H groups in total. The standard InChI is InChI=1S/C12H19N5/c1-3-11(13)12-8-14-9-17(12)7-5-10-4-6-15-16(10)2/h4,6,8-9,11H,3,5,7,13H2,1-2H3/t11-/m1/s1. The van der Waals surface area contributed by atoms with E-state index in [2.05, 4.69) is 21.6 Å². The van der Waals surface area contributed by atoms with Gasteiger partial charge in [0.25, 0.3) is 0 Å². The van der Waals surface area contributed by atoms with Gasteiger partial charge in [-0.3, -0.25) is 4.68 Å². The second-order valence-electron chi connectivity index (χ2n) is 4.22. The summed E-state index contributed by atoms with van der Waals surface area (Å²) in [4.78, 5) is 4.17. The molecule has 1 atom stereocenters. The summed E-state index contributed by atoms with van der Waals surface area (Å²) in [5.41, 5.74) is 8.36. The van der Waals surface area contributed by atoms with Crippen molar-refractivity contribution in [2.24, 2.45) is 12.8 Å². The molecule has 2 heterocycles. The first-order valence-corrected chi connectivity index (χ1v) is 5.95. The van der Waals surface area contributed by atoms with Crippen molar-refractivity contribution in [3.63, 3.8) is 0 Å². The second kappa shape index (κ2) is 5.14. The van der Waals surface area contributed by atoms with E-state index in [1.165, 1.54) is 5.69 Å². The summed E-state index contributed by atoms with van der Waals surface area (Å²) in [6.45, 7) is 2.98. The fraction of sp³-hybridized carbons (Fsp3) is 0.500. The van der Waals surface area contributed by atoms with E-state index in [4.69, 9.17) is 5.73 Å². The molecule has 0 amide bonds. The van der Waals surface area contributed by atoms with Crippen LogP contribution in [0, 0.1) is 0 Å². The molecule has 92 valence electrons. The first kappa shape index (κ1) is 11.9. The first-order chi connectivity index (χ1) is 8.22. The summed E-state index contributed by atoms with van der Waals surface area (Å²) < 4.78 is 4.03. The van der Waals surface area contributed by atoms with Crippen molar-refractivity contribution in [2.45, 2.75) is 32.4 Å². The normalized spacial score (nSPS) is 12.9. The maximum atomic E-state index is 6.04. The minimum absolute atomic E-state index is 0.0732. The minimum Gasteiger partial charge on any atom is -0.333 e. The van der Waals surface area contributed by atoms with E-state index in [9.17, 15) is 0 Å². The van der Waals surface area contributed by atoms with E-state index in [1.54, 1.807) is 0 Å². The van der Waals surface area contributed by atoms with Gasteiger partial charge in [-0.05, 0) is 12.5 Å². The summed E-state index contributed by atoms with van der Waals surface area (Å²) in [5.74, 6) is 0. The Labute approximate surface area is 101 Å². The molecule has 17 heavy (non-hydrogen) atoms. The topological polar surface area (TPSA) is 61.7 Å². The highest BCUT2D eigenvalue weighted by Crippen LogP contribution is 2.13. The van der Waals surface area contributed by atoms with Gasteiger partial charge in [-0.25, -0.2) is 4.98 Å². The van der Waals surface area contributed by atoms with E-state index in [0.29, 0.717) is 0 Å². The predicted molar refractivity (Wildman–Crippen MR) is 66.4 cm³/mol. The molecule has 0 aliphatic heterocycles. The molecule has 0 aromatic carbocycles. The summed E-state index contributed by atoms with van der Waals surface area (Å²) in [6, 6.07) is 2.11. The summed E-state index contributed by atoms with van der Waals surface area (Å²) in [6.07, 6.45) is 7.40. The van der Waals surface area contributed by atoms with Crippen LogP contribution < -0.4 is 5.73 Å². The number of hydrogen-bond donors (Lipinski definition) is 1. The lowest BCUT2D eigenvalue weighted by molar-refractivity contribution is 0.574.